The average molecular weight is 425 g/mol. The van der Waals surface area contributed by atoms with Crippen LogP contribution in [0.15, 0.2) is 53.1 Å². The molecule has 0 atom stereocenters. The number of ether oxygens (including phenoxy) is 4. The number of methoxy groups -OCH3 is 1. The summed E-state index contributed by atoms with van der Waals surface area (Å²) in [4.78, 5) is 24.2. The lowest BCUT2D eigenvalue weighted by molar-refractivity contribution is 0.0265. The third-order valence-electron chi connectivity index (χ3n) is 4.51. The molecule has 0 unspecified atom stereocenters. The number of hydrogen-bond donors (Lipinski definition) is 0. The van der Waals surface area contributed by atoms with Gasteiger partial charge in [-0.25, -0.2) is 9.59 Å². The summed E-state index contributed by atoms with van der Waals surface area (Å²) in [5.74, 6) is 0.502. The van der Waals surface area contributed by atoms with Crippen molar-refractivity contribution in [2.24, 2.45) is 0 Å². The predicted octanol–water partition coefficient (Wildman–Crippen LogP) is 3.89. The summed E-state index contributed by atoms with van der Waals surface area (Å²) < 4.78 is 26.5. The number of carbonyl (C=O) groups is 2. The maximum Gasteiger partial charge on any atom is 0.338 e. The summed E-state index contributed by atoms with van der Waals surface area (Å²) in [6.45, 7) is 3.79. The number of aryl methyl sites for hydroxylation is 2. The van der Waals surface area contributed by atoms with E-state index in [0.29, 0.717) is 22.8 Å². The van der Waals surface area contributed by atoms with E-state index in [1.807, 2.05) is 13.8 Å². The van der Waals surface area contributed by atoms with Crippen molar-refractivity contribution in [3.63, 3.8) is 0 Å². The number of nitrogens with zero attached hydrogens (tertiary/aromatic N) is 1. The van der Waals surface area contributed by atoms with Gasteiger partial charge in [0.25, 0.3) is 0 Å². The van der Waals surface area contributed by atoms with Crippen LogP contribution in [-0.4, -0.2) is 37.4 Å². The van der Waals surface area contributed by atoms with Gasteiger partial charge in [-0.1, -0.05) is 23.4 Å². The van der Waals surface area contributed by atoms with Crippen molar-refractivity contribution in [2.75, 3.05) is 20.3 Å². The van der Waals surface area contributed by atoms with Crippen molar-refractivity contribution < 1.29 is 33.1 Å². The van der Waals surface area contributed by atoms with Crippen molar-refractivity contribution in [3.8, 4) is 11.5 Å². The van der Waals surface area contributed by atoms with Crippen LogP contribution in [0.4, 0.5) is 0 Å². The van der Waals surface area contributed by atoms with Crippen LogP contribution in [0.25, 0.3) is 0 Å². The Kier molecular flexibility index (Phi) is 7.26. The largest absolute Gasteiger partial charge is 0.493 e. The Hall–Kier alpha value is -3.81. The van der Waals surface area contributed by atoms with Gasteiger partial charge in [-0.2, -0.15) is 0 Å². The second-order valence-electron chi connectivity index (χ2n) is 6.59. The Morgan fingerprint density at radius 2 is 1.58 bits per heavy atom. The van der Waals surface area contributed by atoms with Gasteiger partial charge in [0.15, 0.2) is 11.5 Å². The van der Waals surface area contributed by atoms with E-state index in [-0.39, 0.29) is 25.4 Å². The van der Waals surface area contributed by atoms with Gasteiger partial charge in [0.2, 0.25) is 0 Å². The summed E-state index contributed by atoms with van der Waals surface area (Å²) in [5.41, 5.74) is 2.34. The molecule has 0 aliphatic carbocycles. The molecule has 0 amide bonds. The van der Waals surface area contributed by atoms with Crippen LogP contribution in [0.1, 0.15) is 37.7 Å². The zero-order valence-corrected chi connectivity index (χ0v) is 17.5. The molecule has 3 aromatic rings. The first-order valence-corrected chi connectivity index (χ1v) is 9.61. The van der Waals surface area contributed by atoms with Crippen LogP contribution in [0.2, 0.25) is 0 Å². The lowest BCUT2D eigenvalue weighted by Crippen LogP contribution is -2.14. The Balaban J connectivity index is 1.52. The highest BCUT2D eigenvalue weighted by molar-refractivity contribution is 5.90. The Morgan fingerprint density at radius 3 is 2.19 bits per heavy atom. The molecular weight excluding hydrogens is 402 g/mol. The lowest BCUT2D eigenvalue weighted by atomic mass is 10.2. The minimum atomic E-state index is -0.564. The molecule has 8 heteroatoms. The number of carbonyl (C=O) groups excluding carboxylic acids is 2. The fourth-order valence-corrected chi connectivity index (χ4v) is 2.78. The molecule has 3 rings (SSSR count). The minimum Gasteiger partial charge on any atom is -0.493 e. The SMILES string of the molecule is COc1cc(C(=O)OCCOC(=O)c2ccccc2)ccc1OCc1c(C)noc1C. The third-order valence-corrected chi connectivity index (χ3v) is 4.51. The number of aromatic nitrogens is 1. The molecule has 1 aromatic heterocycles. The predicted molar refractivity (Wildman–Crippen MR) is 110 cm³/mol. The van der Waals surface area contributed by atoms with Crippen molar-refractivity contribution in [2.45, 2.75) is 20.5 Å². The van der Waals surface area contributed by atoms with E-state index in [1.54, 1.807) is 42.5 Å². The average Bonchev–Trinajstić information content (AvgIpc) is 3.12. The van der Waals surface area contributed by atoms with Gasteiger partial charge in [0, 0.05) is 0 Å². The summed E-state index contributed by atoms with van der Waals surface area (Å²) in [6, 6.07) is 13.3. The van der Waals surface area contributed by atoms with Gasteiger partial charge in [-0.3, -0.25) is 0 Å². The molecule has 0 aliphatic heterocycles. The highest BCUT2D eigenvalue weighted by Gasteiger charge is 2.15. The van der Waals surface area contributed by atoms with Gasteiger partial charge < -0.3 is 23.5 Å². The molecule has 0 radical (unpaired) electrons. The molecule has 1 heterocycles. The maximum absolute atomic E-state index is 12.3. The second-order valence-corrected chi connectivity index (χ2v) is 6.59. The topological polar surface area (TPSA) is 97.1 Å². The van der Waals surface area contributed by atoms with Crippen LogP contribution >= 0.6 is 0 Å². The zero-order valence-electron chi connectivity index (χ0n) is 17.5. The molecular formula is C23H23NO7. The molecule has 0 saturated carbocycles. The van der Waals surface area contributed by atoms with Crippen LogP contribution < -0.4 is 9.47 Å². The number of hydrogen-bond acceptors (Lipinski definition) is 8. The number of rotatable bonds is 9. The molecule has 0 saturated heterocycles. The van der Waals surface area contributed by atoms with Crippen molar-refractivity contribution in [3.05, 3.63) is 76.7 Å². The first-order valence-electron chi connectivity index (χ1n) is 9.61. The maximum atomic E-state index is 12.3. The highest BCUT2D eigenvalue weighted by Crippen LogP contribution is 2.29. The molecule has 0 N–H and O–H groups in total. The van der Waals surface area contributed by atoms with E-state index in [0.717, 1.165) is 11.3 Å². The molecule has 31 heavy (non-hydrogen) atoms. The normalized spacial score (nSPS) is 10.4. The zero-order chi connectivity index (χ0) is 22.2. The summed E-state index contributed by atoms with van der Waals surface area (Å²) >= 11 is 0. The fraction of sp³-hybridized carbons (Fsp3) is 0.261. The van der Waals surface area contributed by atoms with E-state index in [9.17, 15) is 9.59 Å². The Morgan fingerprint density at radius 1 is 0.903 bits per heavy atom. The van der Waals surface area contributed by atoms with Crippen molar-refractivity contribution >= 4 is 11.9 Å². The van der Waals surface area contributed by atoms with E-state index in [2.05, 4.69) is 5.16 Å². The first-order chi connectivity index (χ1) is 15.0. The molecule has 0 aliphatic rings. The lowest BCUT2D eigenvalue weighted by Gasteiger charge is -2.12. The molecule has 0 fully saturated rings. The van der Waals surface area contributed by atoms with E-state index < -0.39 is 11.9 Å². The smallest absolute Gasteiger partial charge is 0.338 e. The summed E-state index contributed by atoms with van der Waals surface area (Å²) in [5, 5.41) is 3.89. The van der Waals surface area contributed by atoms with E-state index in [1.165, 1.54) is 13.2 Å². The van der Waals surface area contributed by atoms with Crippen LogP contribution in [0.3, 0.4) is 0 Å². The quantitative estimate of drug-likeness (QED) is 0.376. The third kappa shape index (κ3) is 5.63. The van der Waals surface area contributed by atoms with Crippen molar-refractivity contribution in [1.29, 1.82) is 0 Å². The van der Waals surface area contributed by atoms with E-state index >= 15 is 0 Å². The Labute approximate surface area is 179 Å². The van der Waals surface area contributed by atoms with Gasteiger partial charge in [-0.15, -0.1) is 0 Å². The Bertz CT molecular complexity index is 1020. The van der Waals surface area contributed by atoms with E-state index in [4.69, 9.17) is 23.5 Å². The van der Waals surface area contributed by atoms with Gasteiger partial charge >= 0.3 is 11.9 Å². The van der Waals surface area contributed by atoms with Crippen molar-refractivity contribution in [1.82, 2.24) is 5.16 Å². The number of esters is 2. The fourth-order valence-electron chi connectivity index (χ4n) is 2.78. The van der Waals surface area contributed by atoms with Crippen LogP contribution in [-0.2, 0) is 16.1 Å². The van der Waals surface area contributed by atoms with Gasteiger partial charge in [0.1, 0.15) is 25.6 Å². The summed E-state index contributed by atoms with van der Waals surface area (Å²) in [6.07, 6.45) is 0. The molecule has 8 nitrogen and oxygen atoms in total. The monoisotopic (exact) mass is 425 g/mol. The molecule has 0 bridgehead atoms. The highest BCUT2D eigenvalue weighted by atomic mass is 16.6. The first kappa shape index (κ1) is 21.9. The summed E-state index contributed by atoms with van der Waals surface area (Å²) in [7, 11) is 1.48. The molecule has 2 aromatic carbocycles. The second kappa shape index (κ2) is 10.3. The molecule has 0 spiro atoms. The number of benzene rings is 2. The van der Waals surface area contributed by atoms with Gasteiger partial charge in [-0.05, 0) is 44.2 Å². The minimum absolute atomic E-state index is 0.0464. The standard InChI is InChI=1S/C23H23NO7/c1-15-19(16(2)31-24-15)14-30-20-10-9-18(13-21(20)27-3)23(26)29-12-11-28-22(25)17-7-5-4-6-8-17/h4-10,13H,11-12,14H2,1-3H3. The van der Waals surface area contributed by atoms with Crippen LogP contribution in [0, 0.1) is 13.8 Å². The van der Waals surface area contributed by atoms with Gasteiger partial charge in [0.05, 0.1) is 29.5 Å². The molecule has 162 valence electrons. The van der Waals surface area contributed by atoms with Crippen LogP contribution in [0.5, 0.6) is 11.5 Å².